The Kier molecular flexibility index (Phi) is 5.63. The van der Waals surface area contributed by atoms with Gasteiger partial charge in [0.2, 0.25) is 5.91 Å². The molecule has 0 unspecified atom stereocenters. The van der Waals surface area contributed by atoms with E-state index in [4.69, 9.17) is 22.1 Å². The van der Waals surface area contributed by atoms with E-state index in [1.807, 2.05) is 0 Å². The van der Waals surface area contributed by atoms with Crippen LogP contribution in [0.5, 0.6) is 5.75 Å². The molecule has 3 N–H and O–H groups in total. The number of amides is 2. The number of nitriles is 1. The lowest BCUT2D eigenvalue weighted by atomic mass is 9.82. The van der Waals surface area contributed by atoms with E-state index in [2.05, 4.69) is 11.4 Å². The number of carbonyl (C=O) groups is 2. The Morgan fingerprint density at radius 2 is 1.94 bits per heavy atom. The topological polar surface area (TPSA) is 108 Å². The predicted octanol–water partition coefficient (Wildman–Crippen LogP) is 3.57. The van der Waals surface area contributed by atoms with E-state index in [1.165, 1.54) is 16.7 Å². The number of methoxy groups -OCH3 is 1. The average molecular weight is 453 g/mol. The van der Waals surface area contributed by atoms with Crippen molar-refractivity contribution in [3.05, 3.63) is 81.1 Å². The van der Waals surface area contributed by atoms with Crippen molar-refractivity contribution in [3.63, 3.8) is 0 Å². The Morgan fingerprint density at radius 3 is 2.55 bits per heavy atom. The third-order valence-electron chi connectivity index (χ3n) is 5.03. The number of ether oxygens (including phenoxy) is 1. The van der Waals surface area contributed by atoms with Crippen molar-refractivity contribution in [2.45, 2.75) is 5.92 Å². The van der Waals surface area contributed by atoms with Crippen LogP contribution in [0.4, 0.5) is 5.69 Å². The monoisotopic (exact) mass is 452 g/mol. The largest absolute Gasteiger partial charge is 0.497 e. The van der Waals surface area contributed by atoms with Crippen molar-refractivity contribution in [1.82, 2.24) is 4.90 Å². The Labute approximate surface area is 188 Å². The van der Waals surface area contributed by atoms with E-state index in [0.717, 1.165) is 0 Å². The summed E-state index contributed by atoms with van der Waals surface area (Å²) in [6, 6.07) is 15.8. The number of hydrogen-bond donors (Lipinski definition) is 2. The molecule has 0 spiro atoms. The van der Waals surface area contributed by atoms with Crippen LogP contribution in [0.2, 0.25) is 5.02 Å². The molecule has 0 bridgehead atoms. The molecule has 2 aliphatic rings. The molecule has 1 saturated heterocycles. The van der Waals surface area contributed by atoms with Gasteiger partial charge in [0.05, 0.1) is 41.0 Å². The number of nitrogens with one attached hydrogen (secondary N) is 1. The number of fused-ring (bicyclic) bond motifs is 1. The van der Waals surface area contributed by atoms with Gasteiger partial charge in [-0.25, -0.2) is 0 Å². The highest BCUT2D eigenvalue weighted by Gasteiger charge is 2.44. The van der Waals surface area contributed by atoms with Crippen LogP contribution >= 0.6 is 23.4 Å². The smallest absolute Gasteiger partial charge is 0.255 e. The van der Waals surface area contributed by atoms with Crippen molar-refractivity contribution >= 4 is 40.9 Å². The van der Waals surface area contributed by atoms with Gasteiger partial charge in [-0.2, -0.15) is 5.26 Å². The minimum Gasteiger partial charge on any atom is -0.497 e. The first-order chi connectivity index (χ1) is 14.9. The van der Waals surface area contributed by atoms with E-state index < -0.39 is 11.8 Å². The number of hydrogen-bond acceptors (Lipinski definition) is 6. The van der Waals surface area contributed by atoms with E-state index in [0.29, 0.717) is 32.6 Å². The first-order valence-corrected chi connectivity index (χ1v) is 10.6. The third-order valence-corrected chi connectivity index (χ3v) is 6.34. The first-order valence-electron chi connectivity index (χ1n) is 9.25. The molecule has 7 nitrogen and oxygen atoms in total. The molecule has 9 heteroatoms. The molecular formula is C22H17ClN4O3S. The molecule has 2 amide bonds. The average Bonchev–Trinajstić information content (AvgIpc) is 3.16. The minimum atomic E-state index is -0.731. The fourth-order valence-corrected chi connectivity index (χ4v) is 4.77. The van der Waals surface area contributed by atoms with Crippen LogP contribution in [0.3, 0.4) is 0 Å². The van der Waals surface area contributed by atoms with Crippen molar-refractivity contribution < 1.29 is 14.3 Å². The van der Waals surface area contributed by atoms with Gasteiger partial charge in [-0.05, 0) is 42.0 Å². The molecule has 156 valence electrons. The maximum absolute atomic E-state index is 13.4. The van der Waals surface area contributed by atoms with Gasteiger partial charge in [-0.15, -0.1) is 0 Å². The lowest BCUT2D eigenvalue weighted by Gasteiger charge is -2.32. The SMILES string of the molecule is COc1ccc(NC(=O)C2=C3SCC(=O)N3C(N)=C(C#N)[C@H]2c2ccc(Cl)cc2)cc1. The highest BCUT2D eigenvalue weighted by Crippen LogP contribution is 2.47. The van der Waals surface area contributed by atoms with Crippen LogP contribution in [-0.2, 0) is 9.59 Å². The maximum atomic E-state index is 13.4. The normalized spacial score (nSPS) is 18.0. The Bertz CT molecular complexity index is 1170. The molecule has 0 radical (unpaired) electrons. The predicted molar refractivity (Wildman–Crippen MR) is 119 cm³/mol. The molecule has 0 aromatic heterocycles. The molecule has 2 aromatic carbocycles. The van der Waals surface area contributed by atoms with Crippen LogP contribution in [0.15, 0.2) is 70.5 Å². The molecule has 0 saturated carbocycles. The van der Waals surface area contributed by atoms with Crippen LogP contribution < -0.4 is 15.8 Å². The number of rotatable bonds is 4. The summed E-state index contributed by atoms with van der Waals surface area (Å²) in [5, 5.41) is 13.7. The van der Waals surface area contributed by atoms with Gasteiger partial charge >= 0.3 is 0 Å². The fourth-order valence-electron chi connectivity index (χ4n) is 3.56. The van der Waals surface area contributed by atoms with Gasteiger partial charge in [0.15, 0.2) is 0 Å². The summed E-state index contributed by atoms with van der Waals surface area (Å²) in [6.45, 7) is 0. The number of allylic oxidation sites excluding steroid dienone is 1. The number of benzene rings is 2. The molecule has 2 heterocycles. The molecule has 1 atom stereocenters. The quantitative estimate of drug-likeness (QED) is 0.734. The fraction of sp³-hybridized carbons (Fsp3) is 0.136. The number of carbonyl (C=O) groups excluding carboxylic acids is 2. The maximum Gasteiger partial charge on any atom is 0.255 e. The highest BCUT2D eigenvalue weighted by molar-refractivity contribution is 8.04. The first kappa shape index (κ1) is 20.8. The zero-order valence-electron chi connectivity index (χ0n) is 16.4. The number of halogens is 1. The van der Waals surface area contributed by atoms with Gasteiger partial charge in [-0.1, -0.05) is 35.5 Å². The molecule has 2 aromatic rings. The molecule has 31 heavy (non-hydrogen) atoms. The number of anilines is 1. The third kappa shape index (κ3) is 3.74. The van der Waals surface area contributed by atoms with Crippen molar-refractivity contribution in [2.75, 3.05) is 18.2 Å². The lowest BCUT2D eigenvalue weighted by Crippen LogP contribution is -2.37. The van der Waals surface area contributed by atoms with Crippen LogP contribution in [-0.4, -0.2) is 29.6 Å². The zero-order valence-corrected chi connectivity index (χ0v) is 18.0. The number of thioether (sulfide) groups is 1. The van der Waals surface area contributed by atoms with Crippen molar-refractivity contribution in [1.29, 1.82) is 5.26 Å². The van der Waals surface area contributed by atoms with Gasteiger partial charge in [-0.3, -0.25) is 14.5 Å². The summed E-state index contributed by atoms with van der Waals surface area (Å²) in [4.78, 5) is 27.2. The summed E-state index contributed by atoms with van der Waals surface area (Å²) in [5.74, 6) is -0.579. The van der Waals surface area contributed by atoms with Crippen LogP contribution in [0, 0.1) is 11.3 Å². The molecular weight excluding hydrogens is 436 g/mol. The summed E-state index contributed by atoms with van der Waals surface area (Å²) in [7, 11) is 1.56. The van der Waals surface area contributed by atoms with Gasteiger partial charge in [0, 0.05) is 10.7 Å². The van der Waals surface area contributed by atoms with Crippen LogP contribution in [0.1, 0.15) is 11.5 Å². The molecule has 4 rings (SSSR count). The standard InChI is InChI=1S/C22H17ClN4O3S/c1-30-15-8-6-14(7-9-15)26-21(29)19-18(12-2-4-13(23)5-3-12)16(10-24)20(25)27-17(28)11-31-22(19)27/h2-9,18H,11,25H2,1H3,(H,26,29)/t18-/m1/s1. The van der Waals surface area contributed by atoms with Gasteiger partial charge in [0.25, 0.3) is 5.91 Å². The molecule has 0 aliphatic carbocycles. The molecule has 1 fully saturated rings. The van der Waals surface area contributed by atoms with Crippen LogP contribution in [0.25, 0.3) is 0 Å². The van der Waals surface area contributed by atoms with E-state index in [1.54, 1.807) is 55.6 Å². The second kappa shape index (κ2) is 8.38. The summed E-state index contributed by atoms with van der Waals surface area (Å²) < 4.78 is 5.15. The lowest BCUT2D eigenvalue weighted by molar-refractivity contribution is -0.124. The molecule has 2 aliphatic heterocycles. The second-order valence-electron chi connectivity index (χ2n) is 6.81. The van der Waals surface area contributed by atoms with E-state index >= 15 is 0 Å². The van der Waals surface area contributed by atoms with E-state index in [9.17, 15) is 14.9 Å². The second-order valence-corrected chi connectivity index (χ2v) is 8.22. The summed E-state index contributed by atoms with van der Waals surface area (Å²) in [5.41, 5.74) is 7.87. The van der Waals surface area contributed by atoms with E-state index in [-0.39, 0.29) is 23.1 Å². The minimum absolute atomic E-state index is 0.0495. The Balaban J connectivity index is 1.82. The summed E-state index contributed by atoms with van der Waals surface area (Å²) in [6.07, 6.45) is 0. The zero-order chi connectivity index (χ0) is 22.1. The van der Waals surface area contributed by atoms with Crippen molar-refractivity contribution in [2.24, 2.45) is 5.73 Å². The highest BCUT2D eigenvalue weighted by atomic mass is 35.5. The number of nitrogens with two attached hydrogens (primary N) is 1. The number of nitrogens with zero attached hydrogens (tertiary/aromatic N) is 2. The Morgan fingerprint density at radius 1 is 1.26 bits per heavy atom. The summed E-state index contributed by atoms with van der Waals surface area (Å²) >= 11 is 7.26. The van der Waals surface area contributed by atoms with Gasteiger partial charge < -0.3 is 15.8 Å². The van der Waals surface area contributed by atoms with Gasteiger partial charge in [0.1, 0.15) is 11.6 Å². The Hall–Kier alpha value is -3.41. The van der Waals surface area contributed by atoms with Crippen molar-refractivity contribution in [3.8, 4) is 11.8 Å².